The zero-order valence-electron chi connectivity index (χ0n) is 22.7. The first-order valence-corrected chi connectivity index (χ1v) is 14.8. The minimum atomic E-state index is -2.12. The van der Waals surface area contributed by atoms with E-state index in [0.29, 0.717) is 17.9 Å². The lowest BCUT2D eigenvalue weighted by atomic mass is 10.0. The molecule has 0 heterocycles. The van der Waals surface area contributed by atoms with Crippen LogP contribution in [0.5, 0.6) is 5.75 Å². The highest BCUT2D eigenvalue weighted by atomic mass is 28.4. The van der Waals surface area contributed by atoms with Crippen LogP contribution in [0.25, 0.3) is 0 Å². The third kappa shape index (κ3) is 7.07. The van der Waals surface area contributed by atoms with Crippen molar-refractivity contribution in [3.63, 3.8) is 0 Å². The van der Waals surface area contributed by atoms with E-state index in [9.17, 15) is 14.4 Å². The Labute approximate surface area is 210 Å². The summed E-state index contributed by atoms with van der Waals surface area (Å²) in [6, 6.07) is 5.94. The Morgan fingerprint density at radius 1 is 1.03 bits per heavy atom. The molecule has 0 radical (unpaired) electrons. The van der Waals surface area contributed by atoms with E-state index in [1.54, 1.807) is 45.0 Å². The second-order valence-electron chi connectivity index (χ2n) is 11.5. The van der Waals surface area contributed by atoms with Crippen molar-refractivity contribution in [3.05, 3.63) is 29.8 Å². The summed E-state index contributed by atoms with van der Waals surface area (Å²) in [7, 11) is 0.649. The number of carbonyl (C=O) groups is 3. The molecule has 0 aromatic heterocycles. The number of methoxy groups -OCH3 is 2. The molecule has 1 amide bonds. The number of carbonyl (C=O) groups excluding carboxylic acids is 3. The van der Waals surface area contributed by atoms with Gasteiger partial charge in [0.25, 0.3) is 0 Å². The number of amides is 1. The van der Waals surface area contributed by atoms with Crippen molar-refractivity contribution in [2.24, 2.45) is 17.8 Å². The van der Waals surface area contributed by atoms with Gasteiger partial charge in [0.05, 0.1) is 19.8 Å². The van der Waals surface area contributed by atoms with E-state index in [1.165, 1.54) is 14.2 Å². The van der Waals surface area contributed by atoms with E-state index in [4.69, 9.17) is 18.6 Å². The van der Waals surface area contributed by atoms with Gasteiger partial charge in [-0.15, -0.1) is 0 Å². The second-order valence-corrected chi connectivity index (χ2v) is 16.4. The van der Waals surface area contributed by atoms with Gasteiger partial charge in [-0.1, -0.05) is 32.9 Å². The normalized spacial score (nSPS) is 21.0. The van der Waals surface area contributed by atoms with Gasteiger partial charge in [-0.3, -0.25) is 4.79 Å². The Morgan fingerprint density at radius 3 is 2.14 bits per heavy atom. The number of para-hydroxylation sites is 1. The Kier molecular flexibility index (Phi) is 8.82. The maximum absolute atomic E-state index is 13.6. The molecular weight excluding hydrogens is 466 g/mol. The zero-order valence-corrected chi connectivity index (χ0v) is 23.7. The van der Waals surface area contributed by atoms with Gasteiger partial charge in [-0.25, -0.2) is 9.59 Å². The number of alkyl carbamates (subject to hydrolysis) is 1. The second kappa shape index (κ2) is 10.7. The number of ketones is 1. The first-order valence-electron chi connectivity index (χ1n) is 11.9. The molecule has 1 aliphatic rings. The largest absolute Gasteiger partial charge is 0.496 e. The molecule has 0 saturated heterocycles. The molecule has 2 rings (SSSR count). The first-order chi connectivity index (χ1) is 16.0. The molecule has 1 aromatic carbocycles. The molecule has 1 N–H and O–H groups in total. The van der Waals surface area contributed by atoms with Gasteiger partial charge in [-0.05, 0) is 57.0 Å². The molecule has 0 spiro atoms. The molecule has 0 aliphatic heterocycles. The van der Waals surface area contributed by atoms with Gasteiger partial charge in [0, 0.05) is 18.4 Å². The minimum absolute atomic E-state index is 0.0178. The third-order valence-corrected chi connectivity index (χ3v) is 11.4. The lowest BCUT2D eigenvalue weighted by molar-refractivity contribution is -0.143. The number of nitrogens with one attached hydrogen (secondary N) is 1. The summed E-state index contributed by atoms with van der Waals surface area (Å²) in [6.45, 7) is 16.2. The van der Waals surface area contributed by atoms with Crippen LogP contribution in [0, 0.1) is 17.8 Å². The Balaban J connectivity index is 2.38. The highest BCUT2D eigenvalue weighted by Gasteiger charge is 2.61. The third-order valence-electron chi connectivity index (χ3n) is 6.86. The van der Waals surface area contributed by atoms with E-state index in [2.05, 4.69) is 39.2 Å². The molecule has 0 bridgehead atoms. The van der Waals surface area contributed by atoms with Gasteiger partial charge in [0.15, 0.2) is 14.1 Å². The molecule has 9 heteroatoms. The summed E-state index contributed by atoms with van der Waals surface area (Å²) in [5.74, 6) is -1.65. The summed E-state index contributed by atoms with van der Waals surface area (Å²) < 4.78 is 22.2. The predicted octanol–water partition coefficient (Wildman–Crippen LogP) is 4.83. The lowest BCUT2D eigenvalue weighted by Crippen LogP contribution is -2.46. The van der Waals surface area contributed by atoms with Crippen molar-refractivity contribution >= 4 is 26.2 Å². The van der Waals surface area contributed by atoms with Crippen LogP contribution in [-0.4, -0.2) is 58.6 Å². The van der Waals surface area contributed by atoms with Crippen LogP contribution >= 0.6 is 0 Å². The molecule has 8 nitrogen and oxygen atoms in total. The van der Waals surface area contributed by atoms with Crippen molar-refractivity contribution in [1.29, 1.82) is 0 Å². The molecular formula is C26H41NO7Si. The number of hydrogen-bond acceptors (Lipinski definition) is 7. The van der Waals surface area contributed by atoms with Crippen LogP contribution in [0.15, 0.2) is 24.3 Å². The fourth-order valence-corrected chi connectivity index (χ4v) is 4.90. The van der Waals surface area contributed by atoms with E-state index in [-0.39, 0.29) is 16.7 Å². The monoisotopic (exact) mass is 507 g/mol. The van der Waals surface area contributed by atoms with E-state index in [0.717, 1.165) is 0 Å². The van der Waals surface area contributed by atoms with Gasteiger partial charge in [0.1, 0.15) is 17.4 Å². The number of esters is 1. The zero-order chi connectivity index (χ0) is 26.8. The SMILES string of the molecule is COC(=O)[C@@H](NC(=O)OC(C)(C)C)[C@H]1[C@@H](CO[Si](C)(C)C(C)(C)C)[C@@H]1C(=O)c1ccccc1OC. The van der Waals surface area contributed by atoms with E-state index < -0.39 is 43.9 Å². The maximum Gasteiger partial charge on any atom is 0.408 e. The Morgan fingerprint density at radius 2 is 1.63 bits per heavy atom. The summed E-state index contributed by atoms with van der Waals surface area (Å²) in [5.41, 5.74) is -0.313. The van der Waals surface area contributed by atoms with Crippen LogP contribution in [0.2, 0.25) is 18.1 Å². The van der Waals surface area contributed by atoms with Crippen LogP contribution < -0.4 is 10.1 Å². The highest BCUT2D eigenvalue weighted by molar-refractivity contribution is 6.74. The number of Topliss-reactive ketones (excluding diaryl/α,β-unsaturated/α-hetero) is 1. The Bertz CT molecular complexity index is 932. The summed E-state index contributed by atoms with van der Waals surface area (Å²) >= 11 is 0. The summed E-state index contributed by atoms with van der Waals surface area (Å²) in [4.78, 5) is 39.0. The number of benzene rings is 1. The van der Waals surface area contributed by atoms with Crippen LogP contribution in [-0.2, 0) is 18.7 Å². The smallest absolute Gasteiger partial charge is 0.408 e. The van der Waals surface area contributed by atoms with E-state index >= 15 is 0 Å². The molecule has 35 heavy (non-hydrogen) atoms. The average Bonchev–Trinajstić information content (AvgIpc) is 3.46. The summed E-state index contributed by atoms with van der Waals surface area (Å²) in [5, 5.41) is 2.63. The van der Waals surface area contributed by atoms with Crippen LogP contribution in [0.4, 0.5) is 4.79 Å². The standard InChI is InChI=1S/C26H41NO7Si/c1-25(2,3)34-24(30)27-21(23(29)32-8)19-17(15-33-35(9,10)26(4,5)6)20(19)22(28)16-13-11-12-14-18(16)31-7/h11-14,17,19-21H,15H2,1-10H3,(H,27,30)/t17-,19+,20+,21+/m1/s1. The molecule has 4 atom stereocenters. The van der Waals surface area contributed by atoms with E-state index in [1.807, 2.05) is 0 Å². The highest BCUT2D eigenvalue weighted by Crippen LogP contribution is 2.52. The number of rotatable bonds is 9. The molecule has 1 aliphatic carbocycles. The molecule has 1 aromatic rings. The van der Waals surface area contributed by atoms with Gasteiger partial charge >= 0.3 is 12.1 Å². The molecule has 1 saturated carbocycles. The van der Waals surface area contributed by atoms with Crippen molar-refractivity contribution in [2.75, 3.05) is 20.8 Å². The van der Waals surface area contributed by atoms with Crippen LogP contribution in [0.3, 0.4) is 0 Å². The van der Waals surface area contributed by atoms with Crippen molar-refractivity contribution < 1.29 is 33.0 Å². The molecule has 1 fully saturated rings. The quantitative estimate of drug-likeness (QED) is 0.290. The minimum Gasteiger partial charge on any atom is -0.496 e. The Hall–Kier alpha value is -2.39. The average molecular weight is 508 g/mol. The van der Waals surface area contributed by atoms with Crippen molar-refractivity contribution in [1.82, 2.24) is 5.32 Å². The van der Waals surface area contributed by atoms with Crippen LogP contribution in [0.1, 0.15) is 51.9 Å². The van der Waals surface area contributed by atoms with Gasteiger partial charge < -0.3 is 24.0 Å². The maximum atomic E-state index is 13.6. The lowest BCUT2D eigenvalue weighted by Gasteiger charge is -2.36. The topological polar surface area (TPSA) is 100 Å². The summed E-state index contributed by atoms with van der Waals surface area (Å²) in [6.07, 6.45) is -0.743. The fourth-order valence-electron chi connectivity index (χ4n) is 3.86. The molecule has 196 valence electrons. The number of hydrogen-bond donors (Lipinski definition) is 1. The van der Waals surface area contributed by atoms with Crippen molar-refractivity contribution in [2.45, 2.75) is 71.3 Å². The molecule has 0 unspecified atom stereocenters. The predicted molar refractivity (Wildman–Crippen MR) is 136 cm³/mol. The fraction of sp³-hybridized carbons (Fsp3) is 0.654. The number of ether oxygens (including phenoxy) is 3. The van der Waals surface area contributed by atoms with Gasteiger partial charge in [0.2, 0.25) is 0 Å². The van der Waals surface area contributed by atoms with Crippen molar-refractivity contribution in [3.8, 4) is 5.75 Å². The first kappa shape index (κ1) is 28.8. The van der Waals surface area contributed by atoms with Gasteiger partial charge in [-0.2, -0.15) is 0 Å².